The van der Waals surface area contributed by atoms with E-state index in [1.807, 2.05) is 0 Å². The summed E-state index contributed by atoms with van der Waals surface area (Å²) in [5.74, 6) is 0. The van der Waals surface area contributed by atoms with Crippen molar-refractivity contribution in [2.24, 2.45) is 5.73 Å². The van der Waals surface area contributed by atoms with Crippen molar-refractivity contribution in [2.45, 2.75) is 38.8 Å². The average molecular weight is 155 g/mol. The van der Waals surface area contributed by atoms with Gasteiger partial charge in [0, 0.05) is 6.04 Å². The Balaban J connectivity index is 2.22. The van der Waals surface area contributed by atoms with E-state index in [2.05, 4.69) is 19.9 Å². The molecule has 0 fully saturated rings. The maximum absolute atomic E-state index is 5.70. The predicted octanol–water partition coefficient (Wildman–Crippen LogP) is 1.46. The Morgan fingerprint density at radius 3 is 2.91 bits per heavy atom. The lowest BCUT2D eigenvalue weighted by Gasteiger charge is -2.06. The van der Waals surface area contributed by atoms with E-state index in [1.165, 1.54) is 5.57 Å². The first-order chi connectivity index (χ1) is 5.18. The Kier molecular flexibility index (Phi) is 3.09. The van der Waals surface area contributed by atoms with Crippen LogP contribution >= 0.6 is 0 Å². The quantitative estimate of drug-likeness (QED) is 0.626. The van der Waals surface area contributed by atoms with Crippen LogP contribution in [0.3, 0.4) is 0 Å². The van der Waals surface area contributed by atoms with E-state index in [9.17, 15) is 0 Å². The first-order valence-corrected chi connectivity index (χ1v) is 4.25. The van der Waals surface area contributed by atoms with Crippen molar-refractivity contribution < 1.29 is 4.74 Å². The summed E-state index contributed by atoms with van der Waals surface area (Å²) >= 11 is 0. The molecule has 1 aliphatic rings. The summed E-state index contributed by atoms with van der Waals surface area (Å²) in [6, 6.07) is 0.278. The Labute approximate surface area is 68.4 Å². The zero-order valence-electron chi connectivity index (χ0n) is 7.34. The van der Waals surface area contributed by atoms with Crippen LogP contribution in [0.4, 0.5) is 0 Å². The molecule has 1 unspecified atom stereocenters. The van der Waals surface area contributed by atoms with Gasteiger partial charge < -0.3 is 10.5 Å². The molecule has 2 nitrogen and oxygen atoms in total. The summed E-state index contributed by atoms with van der Waals surface area (Å²) in [5, 5.41) is 0. The molecule has 2 N–H and O–H groups in total. The lowest BCUT2D eigenvalue weighted by atomic mass is 10.2. The van der Waals surface area contributed by atoms with Gasteiger partial charge in [0.2, 0.25) is 0 Å². The minimum atomic E-state index is 0.278. The van der Waals surface area contributed by atoms with Gasteiger partial charge in [-0.3, -0.25) is 0 Å². The normalized spacial score (nSPS) is 24.4. The highest BCUT2D eigenvalue weighted by molar-refractivity contribution is 5.13. The molecule has 0 aromatic carbocycles. The van der Waals surface area contributed by atoms with Crippen molar-refractivity contribution in [1.82, 2.24) is 0 Å². The van der Waals surface area contributed by atoms with Crippen molar-refractivity contribution in [3.63, 3.8) is 0 Å². The van der Waals surface area contributed by atoms with Gasteiger partial charge in [-0.05, 0) is 32.3 Å². The average Bonchev–Trinajstić information content (AvgIpc) is 2.31. The van der Waals surface area contributed by atoms with Crippen LogP contribution in [0.2, 0.25) is 0 Å². The standard InChI is InChI=1S/C9H17NO/c1-7(2)11-6-8-3-4-9(10)5-8/h5,7,9H,3-4,6,10H2,1-2H3. The SMILES string of the molecule is CC(C)OCC1=CC(N)CC1. The molecule has 0 saturated carbocycles. The molecule has 64 valence electrons. The fraction of sp³-hybridized carbons (Fsp3) is 0.778. The van der Waals surface area contributed by atoms with Crippen LogP contribution in [-0.2, 0) is 4.74 Å². The summed E-state index contributed by atoms with van der Waals surface area (Å²) in [6.45, 7) is 4.87. The Bertz CT molecular complexity index is 152. The summed E-state index contributed by atoms with van der Waals surface area (Å²) < 4.78 is 5.45. The second-order valence-electron chi connectivity index (χ2n) is 3.39. The number of nitrogens with two attached hydrogens (primary N) is 1. The van der Waals surface area contributed by atoms with Gasteiger partial charge >= 0.3 is 0 Å². The number of ether oxygens (including phenoxy) is 1. The molecule has 0 bridgehead atoms. The molecule has 0 saturated heterocycles. The third-order valence-corrected chi connectivity index (χ3v) is 1.85. The second-order valence-corrected chi connectivity index (χ2v) is 3.39. The van der Waals surface area contributed by atoms with Gasteiger partial charge in [-0.2, -0.15) is 0 Å². The maximum atomic E-state index is 5.70. The monoisotopic (exact) mass is 155 g/mol. The smallest absolute Gasteiger partial charge is 0.0680 e. The molecule has 1 rings (SSSR count). The lowest BCUT2D eigenvalue weighted by molar-refractivity contribution is 0.0963. The molecule has 0 aromatic rings. The van der Waals surface area contributed by atoms with E-state index >= 15 is 0 Å². The highest BCUT2D eigenvalue weighted by Gasteiger charge is 2.11. The van der Waals surface area contributed by atoms with E-state index in [0.29, 0.717) is 6.10 Å². The summed E-state index contributed by atoms with van der Waals surface area (Å²) in [4.78, 5) is 0. The van der Waals surface area contributed by atoms with Crippen LogP contribution in [-0.4, -0.2) is 18.8 Å². The van der Waals surface area contributed by atoms with Crippen molar-refractivity contribution in [1.29, 1.82) is 0 Å². The largest absolute Gasteiger partial charge is 0.374 e. The highest BCUT2D eigenvalue weighted by Crippen LogP contribution is 2.17. The molecule has 0 amide bonds. The third kappa shape index (κ3) is 3.04. The molecule has 0 spiro atoms. The van der Waals surface area contributed by atoms with Crippen LogP contribution in [0.25, 0.3) is 0 Å². The molecule has 0 radical (unpaired) electrons. The molecular weight excluding hydrogens is 138 g/mol. The molecule has 0 aromatic heterocycles. The van der Waals surface area contributed by atoms with Crippen LogP contribution in [0.5, 0.6) is 0 Å². The minimum absolute atomic E-state index is 0.278. The molecule has 11 heavy (non-hydrogen) atoms. The van der Waals surface area contributed by atoms with E-state index in [4.69, 9.17) is 10.5 Å². The molecular formula is C9H17NO. The van der Waals surface area contributed by atoms with Gasteiger partial charge in [-0.15, -0.1) is 0 Å². The van der Waals surface area contributed by atoms with E-state index in [1.54, 1.807) is 0 Å². The topological polar surface area (TPSA) is 35.2 Å². The first-order valence-electron chi connectivity index (χ1n) is 4.25. The fourth-order valence-corrected chi connectivity index (χ4v) is 1.22. The van der Waals surface area contributed by atoms with Crippen LogP contribution < -0.4 is 5.73 Å². The van der Waals surface area contributed by atoms with Gasteiger partial charge in [0.1, 0.15) is 0 Å². The molecule has 1 atom stereocenters. The van der Waals surface area contributed by atoms with E-state index < -0.39 is 0 Å². The number of hydrogen-bond acceptors (Lipinski definition) is 2. The molecule has 0 heterocycles. The van der Waals surface area contributed by atoms with Gasteiger partial charge in [-0.25, -0.2) is 0 Å². The highest BCUT2D eigenvalue weighted by atomic mass is 16.5. The van der Waals surface area contributed by atoms with Gasteiger partial charge in [0.25, 0.3) is 0 Å². The Hall–Kier alpha value is -0.340. The minimum Gasteiger partial charge on any atom is -0.374 e. The van der Waals surface area contributed by atoms with Crippen molar-refractivity contribution >= 4 is 0 Å². The van der Waals surface area contributed by atoms with Gasteiger partial charge in [0.15, 0.2) is 0 Å². The van der Waals surface area contributed by atoms with Crippen LogP contribution in [0.15, 0.2) is 11.6 Å². The van der Waals surface area contributed by atoms with Crippen molar-refractivity contribution in [3.8, 4) is 0 Å². The number of rotatable bonds is 3. The zero-order chi connectivity index (χ0) is 8.27. The second kappa shape index (κ2) is 3.88. The fourth-order valence-electron chi connectivity index (χ4n) is 1.22. The summed E-state index contributed by atoms with van der Waals surface area (Å²) in [6.07, 6.45) is 4.67. The predicted molar refractivity (Wildman–Crippen MR) is 46.4 cm³/mol. The molecule has 2 heteroatoms. The zero-order valence-corrected chi connectivity index (χ0v) is 7.34. The van der Waals surface area contributed by atoms with E-state index in [-0.39, 0.29) is 6.04 Å². The molecule has 0 aliphatic heterocycles. The van der Waals surface area contributed by atoms with Crippen molar-refractivity contribution in [3.05, 3.63) is 11.6 Å². The van der Waals surface area contributed by atoms with E-state index in [0.717, 1.165) is 19.4 Å². The summed E-state index contributed by atoms with van der Waals surface area (Å²) in [7, 11) is 0. The van der Waals surface area contributed by atoms with Crippen LogP contribution in [0.1, 0.15) is 26.7 Å². The Morgan fingerprint density at radius 2 is 2.45 bits per heavy atom. The first kappa shape index (κ1) is 8.75. The number of hydrogen-bond donors (Lipinski definition) is 1. The molecule has 1 aliphatic carbocycles. The van der Waals surface area contributed by atoms with Gasteiger partial charge in [0.05, 0.1) is 12.7 Å². The van der Waals surface area contributed by atoms with Crippen LogP contribution in [0, 0.1) is 0 Å². The van der Waals surface area contributed by atoms with Gasteiger partial charge in [-0.1, -0.05) is 6.08 Å². The Morgan fingerprint density at radius 1 is 1.73 bits per heavy atom. The van der Waals surface area contributed by atoms with Crippen molar-refractivity contribution in [2.75, 3.05) is 6.61 Å². The summed E-state index contributed by atoms with van der Waals surface area (Å²) in [5.41, 5.74) is 7.07. The third-order valence-electron chi connectivity index (χ3n) is 1.85. The maximum Gasteiger partial charge on any atom is 0.0680 e. The lowest BCUT2D eigenvalue weighted by Crippen LogP contribution is -2.12.